The van der Waals surface area contributed by atoms with E-state index < -0.39 is 12.0 Å². The lowest BCUT2D eigenvalue weighted by atomic mass is 10.0. The van der Waals surface area contributed by atoms with Gasteiger partial charge in [0.2, 0.25) is 0 Å². The van der Waals surface area contributed by atoms with Crippen molar-refractivity contribution in [1.29, 1.82) is 0 Å². The largest absolute Gasteiger partial charge is 0.480 e. The van der Waals surface area contributed by atoms with Crippen molar-refractivity contribution >= 4 is 17.6 Å². The Balaban J connectivity index is 2.66. The minimum atomic E-state index is -0.925. The van der Waals surface area contributed by atoms with Crippen molar-refractivity contribution in [1.82, 2.24) is 5.32 Å². The van der Waals surface area contributed by atoms with Gasteiger partial charge >= 0.3 is 5.97 Å². The first-order valence-corrected chi connectivity index (χ1v) is 6.18. The molecule has 0 amide bonds. The Kier molecular flexibility index (Phi) is 5.56. The Morgan fingerprint density at radius 3 is 2.72 bits per heavy atom. The number of benzene rings is 1. The van der Waals surface area contributed by atoms with E-state index in [2.05, 4.69) is 5.32 Å². The first-order chi connectivity index (χ1) is 8.40. The summed E-state index contributed by atoms with van der Waals surface area (Å²) in [5, 5.41) is 12.3. The molecule has 1 rings (SSSR count). The number of hydrogen-bond donors (Lipinski definition) is 2. The number of nitrogens with one attached hydrogen (secondary N) is 1. The zero-order valence-corrected chi connectivity index (χ0v) is 11.2. The predicted molar refractivity (Wildman–Crippen MR) is 69.1 cm³/mol. The molecule has 100 valence electrons. The molecule has 0 spiro atoms. The zero-order chi connectivity index (χ0) is 13.7. The molecule has 2 N–H and O–H groups in total. The van der Waals surface area contributed by atoms with Crippen LogP contribution in [0.3, 0.4) is 0 Å². The predicted octanol–water partition coefficient (Wildman–Crippen LogP) is 3.07. The highest BCUT2D eigenvalue weighted by atomic mass is 35.5. The van der Waals surface area contributed by atoms with Gasteiger partial charge in [-0.2, -0.15) is 0 Å². The lowest BCUT2D eigenvalue weighted by molar-refractivity contribution is -0.140. The molecule has 0 radical (unpaired) electrons. The van der Waals surface area contributed by atoms with Crippen molar-refractivity contribution in [2.24, 2.45) is 5.92 Å². The Hall–Kier alpha value is -1.13. The van der Waals surface area contributed by atoms with Gasteiger partial charge in [0.1, 0.15) is 11.9 Å². The highest BCUT2D eigenvalue weighted by Crippen LogP contribution is 2.15. The van der Waals surface area contributed by atoms with E-state index in [-0.39, 0.29) is 18.3 Å². The van der Waals surface area contributed by atoms with E-state index in [9.17, 15) is 9.18 Å². The molecule has 1 aromatic carbocycles. The fraction of sp³-hybridized carbons (Fsp3) is 0.462. The summed E-state index contributed by atoms with van der Waals surface area (Å²) in [4.78, 5) is 11.0. The Bertz CT molecular complexity index is 423. The van der Waals surface area contributed by atoms with Crippen molar-refractivity contribution in [2.75, 3.05) is 0 Å². The van der Waals surface area contributed by atoms with E-state index in [0.29, 0.717) is 17.0 Å². The fourth-order valence-electron chi connectivity index (χ4n) is 1.65. The van der Waals surface area contributed by atoms with E-state index in [1.807, 2.05) is 13.8 Å². The fourth-order valence-corrected chi connectivity index (χ4v) is 1.85. The summed E-state index contributed by atoms with van der Waals surface area (Å²) in [6, 6.07) is 3.56. The second kappa shape index (κ2) is 6.71. The molecule has 0 saturated carbocycles. The second-order valence-corrected chi connectivity index (χ2v) is 5.07. The smallest absolute Gasteiger partial charge is 0.320 e. The first kappa shape index (κ1) is 14.9. The maximum atomic E-state index is 13.4. The molecule has 0 bridgehead atoms. The van der Waals surface area contributed by atoms with Gasteiger partial charge < -0.3 is 10.4 Å². The molecule has 0 fully saturated rings. The minimum absolute atomic E-state index is 0.149. The SMILES string of the molecule is CC(C)CC(NCc1cc(Cl)ccc1F)C(=O)O. The van der Waals surface area contributed by atoms with Gasteiger partial charge in [0.15, 0.2) is 0 Å². The monoisotopic (exact) mass is 273 g/mol. The molecule has 0 aliphatic rings. The van der Waals surface area contributed by atoms with Gasteiger partial charge in [0, 0.05) is 17.1 Å². The van der Waals surface area contributed by atoms with Crippen molar-refractivity contribution in [3.63, 3.8) is 0 Å². The molecule has 0 aliphatic heterocycles. The quantitative estimate of drug-likeness (QED) is 0.837. The lowest BCUT2D eigenvalue weighted by Gasteiger charge is -2.16. The van der Waals surface area contributed by atoms with Gasteiger partial charge in [-0.3, -0.25) is 4.79 Å². The number of hydrogen-bond acceptors (Lipinski definition) is 2. The van der Waals surface area contributed by atoms with Gasteiger partial charge in [-0.05, 0) is 30.5 Å². The first-order valence-electron chi connectivity index (χ1n) is 5.80. The van der Waals surface area contributed by atoms with Gasteiger partial charge in [-0.15, -0.1) is 0 Å². The molecule has 0 saturated heterocycles. The third-order valence-corrected chi connectivity index (χ3v) is 2.79. The topological polar surface area (TPSA) is 49.3 Å². The lowest BCUT2D eigenvalue weighted by Crippen LogP contribution is -2.37. The molecule has 1 unspecified atom stereocenters. The molecule has 1 aromatic rings. The molecular weight excluding hydrogens is 257 g/mol. The summed E-state index contributed by atoms with van der Waals surface area (Å²) >= 11 is 5.77. The van der Waals surface area contributed by atoms with E-state index >= 15 is 0 Å². The van der Waals surface area contributed by atoms with Gasteiger partial charge in [-0.25, -0.2) is 4.39 Å². The maximum absolute atomic E-state index is 13.4. The number of rotatable bonds is 6. The third-order valence-electron chi connectivity index (χ3n) is 2.55. The van der Waals surface area contributed by atoms with Gasteiger partial charge in [-0.1, -0.05) is 25.4 Å². The molecule has 0 aromatic heterocycles. The molecule has 5 heteroatoms. The number of carbonyl (C=O) groups is 1. The zero-order valence-electron chi connectivity index (χ0n) is 10.4. The summed E-state index contributed by atoms with van der Waals surface area (Å²) in [6.07, 6.45) is 0.498. The van der Waals surface area contributed by atoms with E-state index in [4.69, 9.17) is 16.7 Å². The summed E-state index contributed by atoms with van der Waals surface area (Å²) < 4.78 is 13.4. The van der Waals surface area contributed by atoms with Crippen LogP contribution in [0, 0.1) is 11.7 Å². The Morgan fingerprint density at radius 2 is 2.17 bits per heavy atom. The van der Waals surface area contributed by atoms with Crippen LogP contribution < -0.4 is 5.32 Å². The molecule has 1 atom stereocenters. The Labute approximate surface area is 111 Å². The van der Waals surface area contributed by atoms with Crippen LogP contribution in [0.4, 0.5) is 4.39 Å². The van der Waals surface area contributed by atoms with Crippen LogP contribution >= 0.6 is 11.6 Å². The van der Waals surface area contributed by atoms with Crippen molar-refractivity contribution < 1.29 is 14.3 Å². The highest BCUT2D eigenvalue weighted by Gasteiger charge is 2.18. The van der Waals surface area contributed by atoms with Crippen LogP contribution in [0.5, 0.6) is 0 Å². The average molecular weight is 274 g/mol. The minimum Gasteiger partial charge on any atom is -0.480 e. The van der Waals surface area contributed by atoms with Crippen molar-refractivity contribution in [2.45, 2.75) is 32.9 Å². The number of halogens is 2. The van der Waals surface area contributed by atoms with Crippen LogP contribution in [0.2, 0.25) is 5.02 Å². The van der Waals surface area contributed by atoms with E-state index in [0.717, 1.165) is 0 Å². The van der Waals surface area contributed by atoms with Crippen LogP contribution in [0.15, 0.2) is 18.2 Å². The summed E-state index contributed by atoms with van der Waals surface area (Å²) in [6.45, 7) is 4.03. The summed E-state index contributed by atoms with van der Waals surface area (Å²) in [7, 11) is 0. The van der Waals surface area contributed by atoms with E-state index in [1.165, 1.54) is 18.2 Å². The van der Waals surface area contributed by atoms with E-state index in [1.54, 1.807) is 0 Å². The average Bonchev–Trinajstić information content (AvgIpc) is 2.27. The maximum Gasteiger partial charge on any atom is 0.320 e. The molecule has 18 heavy (non-hydrogen) atoms. The summed E-state index contributed by atoms with van der Waals surface area (Å²) in [5.74, 6) is -1.06. The van der Waals surface area contributed by atoms with Crippen LogP contribution in [0.25, 0.3) is 0 Å². The number of carboxylic acid groups (broad SMARTS) is 1. The molecule has 0 heterocycles. The molecular formula is C13H17ClFNO2. The van der Waals surface area contributed by atoms with Gasteiger partial charge in [0.05, 0.1) is 0 Å². The highest BCUT2D eigenvalue weighted by molar-refractivity contribution is 6.30. The van der Waals surface area contributed by atoms with Gasteiger partial charge in [0.25, 0.3) is 0 Å². The normalized spacial score (nSPS) is 12.7. The van der Waals surface area contributed by atoms with Crippen LogP contribution in [-0.4, -0.2) is 17.1 Å². The standard InChI is InChI=1S/C13H17ClFNO2/c1-8(2)5-12(13(17)18)16-7-9-6-10(14)3-4-11(9)15/h3-4,6,8,12,16H,5,7H2,1-2H3,(H,17,18). The summed E-state index contributed by atoms with van der Waals surface area (Å²) in [5.41, 5.74) is 0.373. The van der Waals surface area contributed by atoms with Crippen LogP contribution in [0.1, 0.15) is 25.8 Å². The second-order valence-electron chi connectivity index (χ2n) is 4.64. The number of carboxylic acids is 1. The van der Waals surface area contributed by atoms with Crippen molar-refractivity contribution in [3.05, 3.63) is 34.6 Å². The van der Waals surface area contributed by atoms with Crippen LogP contribution in [-0.2, 0) is 11.3 Å². The third kappa shape index (κ3) is 4.63. The Morgan fingerprint density at radius 1 is 1.50 bits per heavy atom. The molecule has 0 aliphatic carbocycles. The number of aliphatic carboxylic acids is 1. The molecule has 3 nitrogen and oxygen atoms in total. The van der Waals surface area contributed by atoms with Crippen molar-refractivity contribution in [3.8, 4) is 0 Å².